The SMILES string of the molecule is CC(C)(C)CC(=O)NC1c2ccccc2CC1N. The summed E-state index contributed by atoms with van der Waals surface area (Å²) in [4.78, 5) is 12.0. The number of hydrogen-bond donors (Lipinski definition) is 2. The van der Waals surface area contributed by atoms with Gasteiger partial charge in [0.05, 0.1) is 6.04 Å². The molecule has 2 unspecified atom stereocenters. The molecule has 0 saturated heterocycles. The van der Waals surface area contributed by atoms with E-state index in [9.17, 15) is 4.79 Å². The molecule has 1 aromatic rings. The van der Waals surface area contributed by atoms with E-state index in [0.717, 1.165) is 6.42 Å². The molecule has 2 rings (SSSR count). The molecule has 0 bridgehead atoms. The van der Waals surface area contributed by atoms with E-state index in [-0.39, 0.29) is 23.4 Å². The molecule has 1 aliphatic carbocycles. The van der Waals surface area contributed by atoms with E-state index in [1.54, 1.807) is 0 Å². The van der Waals surface area contributed by atoms with Gasteiger partial charge >= 0.3 is 0 Å². The van der Waals surface area contributed by atoms with Gasteiger partial charge in [0.1, 0.15) is 0 Å². The lowest BCUT2D eigenvalue weighted by Gasteiger charge is -2.22. The maximum Gasteiger partial charge on any atom is 0.221 e. The number of fused-ring (bicyclic) bond motifs is 1. The van der Waals surface area contributed by atoms with Gasteiger partial charge in [-0.2, -0.15) is 0 Å². The van der Waals surface area contributed by atoms with Crippen molar-refractivity contribution in [2.75, 3.05) is 0 Å². The Kier molecular flexibility index (Phi) is 3.44. The zero-order valence-corrected chi connectivity index (χ0v) is 11.4. The van der Waals surface area contributed by atoms with Crippen molar-refractivity contribution in [3.63, 3.8) is 0 Å². The van der Waals surface area contributed by atoms with Crippen LogP contribution in [0.25, 0.3) is 0 Å². The van der Waals surface area contributed by atoms with E-state index in [1.807, 2.05) is 12.1 Å². The standard InChI is InChI=1S/C15H22N2O/c1-15(2,3)9-13(18)17-14-11-7-5-4-6-10(11)8-12(14)16/h4-7,12,14H,8-9,16H2,1-3H3,(H,17,18). The van der Waals surface area contributed by atoms with Gasteiger partial charge in [-0.25, -0.2) is 0 Å². The first-order valence-corrected chi connectivity index (χ1v) is 6.49. The molecule has 0 aliphatic heterocycles. The Balaban J connectivity index is 2.08. The summed E-state index contributed by atoms with van der Waals surface area (Å²) in [5.74, 6) is 0.0830. The highest BCUT2D eigenvalue weighted by Gasteiger charge is 2.31. The van der Waals surface area contributed by atoms with Gasteiger partial charge in [-0.1, -0.05) is 45.0 Å². The molecule has 1 aliphatic rings. The monoisotopic (exact) mass is 246 g/mol. The molecule has 3 N–H and O–H groups in total. The van der Waals surface area contributed by atoms with Gasteiger partial charge in [-0.3, -0.25) is 4.79 Å². The largest absolute Gasteiger partial charge is 0.348 e. The van der Waals surface area contributed by atoms with Crippen molar-refractivity contribution < 1.29 is 4.79 Å². The molecular formula is C15H22N2O. The van der Waals surface area contributed by atoms with Crippen LogP contribution in [0.1, 0.15) is 44.4 Å². The number of amides is 1. The van der Waals surface area contributed by atoms with Crippen molar-refractivity contribution in [3.05, 3.63) is 35.4 Å². The number of rotatable bonds is 2. The second-order valence-electron chi connectivity index (χ2n) is 6.35. The van der Waals surface area contributed by atoms with Crippen molar-refractivity contribution in [2.45, 2.75) is 45.7 Å². The van der Waals surface area contributed by atoms with Gasteiger partial charge in [0.15, 0.2) is 0 Å². The van der Waals surface area contributed by atoms with Crippen LogP contribution in [0.2, 0.25) is 0 Å². The lowest BCUT2D eigenvalue weighted by Crippen LogP contribution is -2.39. The minimum atomic E-state index is -0.0314. The number of carbonyl (C=O) groups excluding carboxylic acids is 1. The van der Waals surface area contributed by atoms with Gasteiger partial charge in [0.2, 0.25) is 5.91 Å². The fourth-order valence-electron chi connectivity index (χ4n) is 2.52. The summed E-state index contributed by atoms with van der Waals surface area (Å²) in [5.41, 5.74) is 8.56. The second kappa shape index (κ2) is 4.73. The molecule has 0 fully saturated rings. The summed E-state index contributed by atoms with van der Waals surface area (Å²) in [6.07, 6.45) is 1.37. The van der Waals surface area contributed by atoms with Crippen molar-refractivity contribution in [1.82, 2.24) is 5.32 Å². The number of benzene rings is 1. The molecule has 3 nitrogen and oxygen atoms in total. The summed E-state index contributed by atoms with van der Waals surface area (Å²) < 4.78 is 0. The maximum absolute atomic E-state index is 12.0. The average Bonchev–Trinajstić information content (AvgIpc) is 2.53. The predicted octanol–water partition coefficient (Wildman–Crippen LogP) is 2.16. The fourth-order valence-corrected chi connectivity index (χ4v) is 2.52. The van der Waals surface area contributed by atoms with Crippen LogP contribution in [0.3, 0.4) is 0 Å². The summed E-state index contributed by atoms with van der Waals surface area (Å²) in [5, 5.41) is 3.08. The van der Waals surface area contributed by atoms with Gasteiger partial charge in [-0.15, -0.1) is 0 Å². The smallest absolute Gasteiger partial charge is 0.221 e. The van der Waals surface area contributed by atoms with Crippen LogP contribution in [0.4, 0.5) is 0 Å². The molecule has 0 radical (unpaired) electrons. The number of nitrogens with two attached hydrogens (primary N) is 1. The number of carbonyl (C=O) groups is 1. The molecule has 0 aromatic heterocycles. The first kappa shape index (κ1) is 13.1. The summed E-state index contributed by atoms with van der Waals surface area (Å²) >= 11 is 0. The third-order valence-corrected chi connectivity index (χ3v) is 3.28. The highest BCUT2D eigenvalue weighted by Crippen LogP contribution is 2.30. The van der Waals surface area contributed by atoms with E-state index < -0.39 is 0 Å². The maximum atomic E-state index is 12.0. The molecular weight excluding hydrogens is 224 g/mol. The Morgan fingerprint density at radius 3 is 2.72 bits per heavy atom. The molecule has 0 spiro atoms. The molecule has 2 atom stereocenters. The first-order chi connectivity index (χ1) is 8.37. The highest BCUT2D eigenvalue weighted by atomic mass is 16.1. The zero-order chi connectivity index (χ0) is 13.3. The predicted molar refractivity (Wildman–Crippen MR) is 73.1 cm³/mol. The Morgan fingerprint density at radius 1 is 1.39 bits per heavy atom. The van der Waals surface area contributed by atoms with Crippen LogP contribution >= 0.6 is 0 Å². The lowest BCUT2D eigenvalue weighted by atomic mass is 9.91. The molecule has 98 valence electrons. The number of hydrogen-bond acceptors (Lipinski definition) is 2. The fraction of sp³-hybridized carbons (Fsp3) is 0.533. The summed E-state index contributed by atoms with van der Waals surface area (Å²) in [7, 11) is 0. The Hall–Kier alpha value is -1.35. The van der Waals surface area contributed by atoms with Crippen LogP contribution in [0.5, 0.6) is 0 Å². The topological polar surface area (TPSA) is 55.1 Å². The average molecular weight is 246 g/mol. The summed E-state index contributed by atoms with van der Waals surface area (Å²) in [6, 6.07) is 8.13. The Bertz CT molecular complexity index is 448. The normalized spacial score (nSPS) is 22.7. The second-order valence-corrected chi connectivity index (χ2v) is 6.35. The Morgan fingerprint density at radius 2 is 2.06 bits per heavy atom. The third kappa shape index (κ3) is 2.91. The van der Waals surface area contributed by atoms with Gasteiger partial charge in [0.25, 0.3) is 0 Å². The van der Waals surface area contributed by atoms with Gasteiger partial charge in [0, 0.05) is 12.5 Å². The van der Waals surface area contributed by atoms with E-state index in [4.69, 9.17) is 5.73 Å². The van der Waals surface area contributed by atoms with Gasteiger partial charge < -0.3 is 11.1 Å². The van der Waals surface area contributed by atoms with Crippen LogP contribution in [-0.4, -0.2) is 11.9 Å². The molecule has 1 amide bonds. The quantitative estimate of drug-likeness (QED) is 0.840. The first-order valence-electron chi connectivity index (χ1n) is 6.49. The van der Waals surface area contributed by atoms with Crippen LogP contribution in [0, 0.1) is 5.41 Å². The summed E-state index contributed by atoms with van der Waals surface area (Å²) in [6.45, 7) is 6.19. The molecule has 0 heterocycles. The van der Waals surface area contributed by atoms with Crippen LogP contribution in [0.15, 0.2) is 24.3 Å². The van der Waals surface area contributed by atoms with E-state index >= 15 is 0 Å². The molecule has 18 heavy (non-hydrogen) atoms. The minimum absolute atomic E-state index is 0.00625. The van der Waals surface area contributed by atoms with Crippen LogP contribution in [-0.2, 0) is 11.2 Å². The molecule has 1 aromatic carbocycles. The van der Waals surface area contributed by atoms with E-state index in [0.29, 0.717) is 6.42 Å². The van der Waals surface area contributed by atoms with Gasteiger partial charge in [-0.05, 0) is 23.0 Å². The van der Waals surface area contributed by atoms with Crippen LogP contribution < -0.4 is 11.1 Å². The van der Waals surface area contributed by atoms with E-state index in [2.05, 4.69) is 38.2 Å². The lowest BCUT2D eigenvalue weighted by molar-refractivity contribution is -0.123. The highest BCUT2D eigenvalue weighted by molar-refractivity contribution is 5.77. The third-order valence-electron chi connectivity index (χ3n) is 3.28. The van der Waals surface area contributed by atoms with Crippen molar-refractivity contribution in [3.8, 4) is 0 Å². The number of nitrogens with one attached hydrogen (secondary N) is 1. The van der Waals surface area contributed by atoms with Crippen molar-refractivity contribution in [2.24, 2.45) is 11.1 Å². The molecule has 3 heteroatoms. The van der Waals surface area contributed by atoms with Crippen molar-refractivity contribution in [1.29, 1.82) is 0 Å². The zero-order valence-electron chi connectivity index (χ0n) is 11.4. The van der Waals surface area contributed by atoms with Crippen molar-refractivity contribution >= 4 is 5.91 Å². The van der Waals surface area contributed by atoms with E-state index in [1.165, 1.54) is 11.1 Å². The minimum Gasteiger partial charge on any atom is -0.348 e. The molecule has 0 saturated carbocycles. The Labute approximate surface area is 109 Å².